The standard InChI is InChI=1S/C25H40N2O4.C2HF3O2/c1-16(2)19-10-9-11-20(17(3)4)23(19)31-21(29)14-25(12-7-6-8-13-25)15-27-24(30)22(26)18(5)28;3-2(4,5)1(6)7/h9-11,16-18,22,28H,6-8,12-15,26H2,1-5H3,(H,27,30);(H,6,7)/t18?,22-;/m0./s1. The molecular weight excluding hydrogens is 505 g/mol. The molecule has 1 aliphatic carbocycles. The lowest BCUT2D eigenvalue weighted by Crippen LogP contribution is -2.50. The lowest BCUT2D eigenvalue weighted by molar-refractivity contribution is -0.192. The first-order valence-electron chi connectivity index (χ1n) is 12.9. The molecule has 216 valence electrons. The van der Waals surface area contributed by atoms with Crippen LogP contribution in [0.15, 0.2) is 18.2 Å². The Labute approximate surface area is 222 Å². The number of para-hydroxylation sites is 1. The van der Waals surface area contributed by atoms with Crippen molar-refractivity contribution in [2.75, 3.05) is 6.54 Å². The van der Waals surface area contributed by atoms with Crippen LogP contribution < -0.4 is 15.8 Å². The van der Waals surface area contributed by atoms with Crippen LogP contribution in [-0.4, -0.2) is 52.9 Å². The maximum Gasteiger partial charge on any atom is 0.490 e. The minimum absolute atomic E-state index is 0.242. The second-order valence-electron chi connectivity index (χ2n) is 10.6. The molecule has 1 aromatic rings. The molecule has 0 aliphatic heterocycles. The van der Waals surface area contributed by atoms with Crippen LogP contribution in [0.25, 0.3) is 0 Å². The summed E-state index contributed by atoms with van der Waals surface area (Å²) in [5.41, 5.74) is 7.49. The summed E-state index contributed by atoms with van der Waals surface area (Å²) in [6.07, 6.45) is -0.872. The van der Waals surface area contributed by atoms with E-state index in [1.54, 1.807) is 0 Å². The van der Waals surface area contributed by atoms with Crippen LogP contribution in [0.2, 0.25) is 0 Å². The van der Waals surface area contributed by atoms with Crippen molar-refractivity contribution in [3.63, 3.8) is 0 Å². The van der Waals surface area contributed by atoms with Crippen LogP contribution in [0.1, 0.15) is 96.1 Å². The van der Waals surface area contributed by atoms with Crippen molar-refractivity contribution in [2.24, 2.45) is 11.1 Å². The molecule has 0 bridgehead atoms. The number of carboxylic acid groups (broad SMARTS) is 1. The van der Waals surface area contributed by atoms with Crippen molar-refractivity contribution in [2.45, 2.75) is 103 Å². The number of aliphatic hydroxyl groups excluding tert-OH is 1. The smallest absolute Gasteiger partial charge is 0.475 e. The molecule has 0 aromatic heterocycles. The zero-order valence-electron chi connectivity index (χ0n) is 22.7. The maximum absolute atomic E-state index is 13.1. The zero-order valence-corrected chi connectivity index (χ0v) is 22.7. The molecule has 0 spiro atoms. The summed E-state index contributed by atoms with van der Waals surface area (Å²) in [5, 5.41) is 19.6. The number of aliphatic carboxylic acids is 1. The summed E-state index contributed by atoms with van der Waals surface area (Å²) in [6.45, 7) is 10.3. The Morgan fingerprint density at radius 1 is 1.03 bits per heavy atom. The van der Waals surface area contributed by atoms with Gasteiger partial charge in [-0.1, -0.05) is 65.2 Å². The van der Waals surface area contributed by atoms with E-state index in [0.717, 1.165) is 43.2 Å². The van der Waals surface area contributed by atoms with Gasteiger partial charge < -0.3 is 26.0 Å². The summed E-state index contributed by atoms with van der Waals surface area (Å²) in [4.78, 5) is 34.3. The van der Waals surface area contributed by atoms with E-state index in [9.17, 15) is 27.9 Å². The van der Waals surface area contributed by atoms with Gasteiger partial charge in [-0.2, -0.15) is 13.2 Å². The average molecular weight is 547 g/mol. The number of aliphatic hydroxyl groups is 1. The number of benzene rings is 1. The molecule has 1 unspecified atom stereocenters. The number of carbonyl (C=O) groups excluding carboxylic acids is 2. The fraction of sp³-hybridized carbons (Fsp3) is 0.667. The number of nitrogens with one attached hydrogen (secondary N) is 1. The molecule has 1 aromatic carbocycles. The van der Waals surface area contributed by atoms with Crippen molar-refractivity contribution >= 4 is 17.8 Å². The third-order valence-electron chi connectivity index (χ3n) is 6.67. The van der Waals surface area contributed by atoms with Crippen LogP contribution in [0.5, 0.6) is 5.75 Å². The Morgan fingerprint density at radius 3 is 1.89 bits per heavy atom. The van der Waals surface area contributed by atoms with Crippen molar-refractivity contribution in [1.29, 1.82) is 0 Å². The second kappa shape index (κ2) is 14.5. The highest BCUT2D eigenvalue weighted by Gasteiger charge is 2.38. The number of amides is 1. The minimum Gasteiger partial charge on any atom is -0.475 e. The first kappa shape index (κ1) is 33.4. The predicted octanol–water partition coefficient (Wildman–Crippen LogP) is 4.64. The Morgan fingerprint density at radius 2 is 1.50 bits per heavy atom. The van der Waals surface area contributed by atoms with Crippen molar-refractivity contribution in [3.05, 3.63) is 29.3 Å². The molecule has 2 atom stereocenters. The summed E-state index contributed by atoms with van der Waals surface area (Å²) >= 11 is 0. The largest absolute Gasteiger partial charge is 0.490 e. The van der Waals surface area contributed by atoms with Crippen LogP contribution in [-0.2, 0) is 14.4 Å². The lowest BCUT2D eigenvalue weighted by Gasteiger charge is -2.37. The van der Waals surface area contributed by atoms with Gasteiger partial charge >= 0.3 is 18.1 Å². The molecule has 0 saturated heterocycles. The molecule has 1 fully saturated rings. The number of carbonyl (C=O) groups is 3. The molecule has 11 heteroatoms. The number of rotatable bonds is 9. The zero-order chi connectivity index (χ0) is 29.3. The molecule has 8 nitrogen and oxygen atoms in total. The van der Waals surface area contributed by atoms with E-state index < -0.39 is 24.3 Å². The van der Waals surface area contributed by atoms with Crippen molar-refractivity contribution in [1.82, 2.24) is 5.32 Å². The molecule has 1 aliphatic rings. The summed E-state index contributed by atoms with van der Waals surface area (Å²) < 4.78 is 37.7. The highest BCUT2D eigenvalue weighted by Crippen LogP contribution is 2.40. The fourth-order valence-electron chi connectivity index (χ4n) is 4.39. The molecule has 1 amide bonds. The van der Waals surface area contributed by atoms with Crippen LogP contribution in [0, 0.1) is 5.41 Å². The highest BCUT2D eigenvalue weighted by atomic mass is 19.4. The highest BCUT2D eigenvalue weighted by molar-refractivity contribution is 5.82. The SMILES string of the molecule is CC(C)c1cccc(C(C)C)c1OC(=O)CC1(CNC(=O)[C@@H](N)C(C)O)CCCCC1.O=C(O)C(F)(F)F. The monoisotopic (exact) mass is 546 g/mol. The number of hydrogen-bond acceptors (Lipinski definition) is 6. The number of carboxylic acids is 1. The van der Waals surface area contributed by atoms with Gasteiger partial charge in [-0.05, 0) is 48.1 Å². The Hall–Kier alpha value is -2.66. The third kappa shape index (κ3) is 10.2. The number of esters is 1. The maximum atomic E-state index is 13.1. The van der Waals surface area contributed by atoms with Crippen molar-refractivity contribution in [3.8, 4) is 5.75 Å². The van der Waals surface area contributed by atoms with Gasteiger partial charge in [-0.3, -0.25) is 9.59 Å². The minimum atomic E-state index is -5.08. The quantitative estimate of drug-likeness (QED) is 0.261. The average Bonchev–Trinajstić information content (AvgIpc) is 2.82. The van der Waals surface area contributed by atoms with E-state index in [1.807, 2.05) is 18.2 Å². The van der Waals surface area contributed by atoms with E-state index >= 15 is 0 Å². The van der Waals surface area contributed by atoms with Crippen LogP contribution in [0.3, 0.4) is 0 Å². The molecule has 1 saturated carbocycles. The molecule has 5 N–H and O–H groups in total. The number of nitrogens with two attached hydrogens (primary N) is 1. The Bertz CT molecular complexity index is 915. The molecular formula is C27H41F3N2O6. The number of hydrogen-bond donors (Lipinski definition) is 4. The van der Waals surface area contributed by atoms with E-state index in [1.165, 1.54) is 6.92 Å². The van der Waals surface area contributed by atoms with Gasteiger partial charge in [0.25, 0.3) is 0 Å². The van der Waals surface area contributed by atoms with Crippen molar-refractivity contribution < 1.29 is 42.5 Å². The Balaban J connectivity index is 0.000000905. The number of halogens is 3. The van der Waals surface area contributed by atoms with Gasteiger partial charge in [-0.25, -0.2) is 4.79 Å². The molecule has 0 heterocycles. The predicted molar refractivity (Wildman–Crippen MR) is 137 cm³/mol. The molecule has 0 radical (unpaired) electrons. The second-order valence-corrected chi connectivity index (χ2v) is 10.6. The van der Waals surface area contributed by atoms with Gasteiger partial charge in [-0.15, -0.1) is 0 Å². The number of alkyl halides is 3. The summed E-state index contributed by atoms with van der Waals surface area (Å²) in [5.74, 6) is -2.24. The first-order chi connectivity index (χ1) is 17.5. The summed E-state index contributed by atoms with van der Waals surface area (Å²) in [6, 6.07) is 5.09. The van der Waals surface area contributed by atoms with Gasteiger partial charge in [0.15, 0.2) is 0 Å². The van der Waals surface area contributed by atoms with Crippen LogP contribution in [0.4, 0.5) is 13.2 Å². The molecule has 2 rings (SSSR count). The van der Waals surface area contributed by atoms with E-state index in [4.69, 9.17) is 20.4 Å². The third-order valence-corrected chi connectivity index (χ3v) is 6.67. The van der Waals surface area contributed by atoms with Gasteiger partial charge in [0, 0.05) is 6.54 Å². The topological polar surface area (TPSA) is 139 Å². The van der Waals surface area contributed by atoms with Gasteiger partial charge in [0.1, 0.15) is 11.8 Å². The summed E-state index contributed by atoms with van der Waals surface area (Å²) in [7, 11) is 0. The first-order valence-corrected chi connectivity index (χ1v) is 12.9. The lowest BCUT2D eigenvalue weighted by atomic mass is 9.71. The van der Waals surface area contributed by atoms with Crippen LogP contribution >= 0.6 is 0 Å². The van der Waals surface area contributed by atoms with E-state index in [2.05, 4.69) is 33.0 Å². The van der Waals surface area contributed by atoms with Gasteiger partial charge in [0.2, 0.25) is 5.91 Å². The van der Waals surface area contributed by atoms with E-state index in [0.29, 0.717) is 12.3 Å². The molecule has 38 heavy (non-hydrogen) atoms. The van der Waals surface area contributed by atoms with E-state index in [-0.39, 0.29) is 35.5 Å². The Kier molecular flexibility index (Phi) is 12.7. The normalized spacial score (nSPS) is 16.7. The number of ether oxygens (including phenoxy) is 1. The van der Waals surface area contributed by atoms with Gasteiger partial charge in [0.05, 0.1) is 12.5 Å². The fourth-order valence-corrected chi connectivity index (χ4v) is 4.39.